The van der Waals surface area contributed by atoms with E-state index < -0.39 is 29.3 Å². The topological polar surface area (TPSA) is 93.5 Å². The van der Waals surface area contributed by atoms with Crippen LogP contribution in [0.5, 0.6) is 5.75 Å². The zero-order valence-corrected chi connectivity index (χ0v) is 12.3. The number of hydrogen-bond donors (Lipinski definition) is 2. The Morgan fingerprint density at radius 1 is 1.35 bits per heavy atom. The Bertz CT molecular complexity index is 564. The van der Waals surface area contributed by atoms with Crippen molar-refractivity contribution in [3.63, 3.8) is 0 Å². The largest absolute Gasteiger partial charge is 0.484 e. The number of rotatable bonds is 8. The average Bonchev–Trinajstić information content (AvgIpc) is 2.48. The van der Waals surface area contributed by atoms with E-state index >= 15 is 0 Å². The summed E-state index contributed by atoms with van der Waals surface area (Å²) in [5.41, 5.74) is -0.864. The first kappa shape index (κ1) is 18.7. The van der Waals surface area contributed by atoms with E-state index in [-0.39, 0.29) is 17.9 Å². The van der Waals surface area contributed by atoms with Gasteiger partial charge in [-0.15, -0.1) is 0 Å². The van der Waals surface area contributed by atoms with Crippen LogP contribution >= 0.6 is 0 Å². The Hall–Kier alpha value is -2.36. The number of halogens is 3. The molecule has 1 amide bonds. The van der Waals surface area contributed by atoms with Crippen molar-refractivity contribution in [3.8, 4) is 5.75 Å². The Balaban J connectivity index is 2.88. The molecular weight excluding hydrogens is 319 g/mol. The lowest BCUT2D eigenvalue weighted by Crippen LogP contribution is -2.32. The molecule has 0 aliphatic carbocycles. The van der Waals surface area contributed by atoms with Gasteiger partial charge in [0.15, 0.2) is 6.61 Å². The minimum atomic E-state index is -4.55. The van der Waals surface area contributed by atoms with E-state index in [1.807, 2.05) is 6.92 Å². The summed E-state index contributed by atoms with van der Waals surface area (Å²) in [6, 6.07) is 2.87. The Morgan fingerprint density at radius 2 is 2.04 bits per heavy atom. The van der Waals surface area contributed by atoms with Crippen molar-refractivity contribution in [1.82, 2.24) is 10.6 Å². The highest BCUT2D eigenvalue weighted by molar-refractivity contribution is 5.98. The number of amides is 1. The van der Waals surface area contributed by atoms with Gasteiger partial charge in [-0.2, -0.15) is 13.2 Å². The fourth-order valence-corrected chi connectivity index (χ4v) is 1.65. The van der Waals surface area contributed by atoms with Crippen LogP contribution in [0.25, 0.3) is 0 Å². The van der Waals surface area contributed by atoms with Crippen LogP contribution in [0.4, 0.5) is 18.9 Å². The summed E-state index contributed by atoms with van der Waals surface area (Å²) in [4.78, 5) is 22.1. The number of nitrogens with one attached hydrogen (secondary N) is 2. The number of benzene rings is 1. The van der Waals surface area contributed by atoms with Crippen molar-refractivity contribution in [2.45, 2.75) is 13.1 Å². The van der Waals surface area contributed by atoms with Gasteiger partial charge in [-0.25, -0.2) is 0 Å². The summed E-state index contributed by atoms with van der Waals surface area (Å²) >= 11 is 0. The van der Waals surface area contributed by atoms with E-state index in [2.05, 4.69) is 15.4 Å². The van der Waals surface area contributed by atoms with Crippen molar-refractivity contribution in [2.75, 3.05) is 26.2 Å². The van der Waals surface area contributed by atoms with Crippen molar-refractivity contribution < 1.29 is 27.6 Å². The number of carbonyl (C=O) groups excluding carboxylic acids is 1. The van der Waals surface area contributed by atoms with Gasteiger partial charge in [-0.05, 0) is 18.7 Å². The standard InChI is InChI=1S/C13H16F3N3O4/c1-2-17-5-6-18-12(20)10-7-9(23-8-13(14,15)16)3-4-11(10)19(21)22/h3-4,7,17H,2,5-6,8H2,1H3,(H,18,20). The molecule has 0 unspecified atom stereocenters. The number of nitro groups is 1. The molecule has 0 aliphatic rings. The number of likely N-dealkylation sites (N-methyl/N-ethyl adjacent to an activating group) is 1. The van der Waals surface area contributed by atoms with Gasteiger partial charge in [0.2, 0.25) is 0 Å². The summed E-state index contributed by atoms with van der Waals surface area (Å²) in [6.07, 6.45) is -4.55. The lowest BCUT2D eigenvalue weighted by atomic mass is 10.1. The minimum Gasteiger partial charge on any atom is -0.484 e. The third-order valence-electron chi connectivity index (χ3n) is 2.65. The number of nitro benzene ring substituents is 1. The van der Waals surface area contributed by atoms with Crippen LogP contribution in [0.2, 0.25) is 0 Å². The van der Waals surface area contributed by atoms with Gasteiger partial charge in [-0.1, -0.05) is 6.92 Å². The van der Waals surface area contributed by atoms with E-state index in [4.69, 9.17) is 0 Å². The molecule has 23 heavy (non-hydrogen) atoms. The second-order valence-corrected chi connectivity index (χ2v) is 4.45. The molecule has 0 saturated heterocycles. The molecule has 0 aromatic heterocycles. The normalized spacial score (nSPS) is 11.1. The minimum absolute atomic E-state index is 0.220. The fraction of sp³-hybridized carbons (Fsp3) is 0.462. The molecule has 0 atom stereocenters. The first-order valence-corrected chi connectivity index (χ1v) is 6.71. The zero-order chi connectivity index (χ0) is 17.5. The lowest BCUT2D eigenvalue weighted by Gasteiger charge is -2.11. The number of alkyl halides is 3. The van der Waals surface area contributed by atoms with Crippen molar-refractivity contribution in [2.24, 2.45) is 0 Å². The predicted molar refractivity (Wildman–Crippen MR) is 75.5 cm³/mol. The van der Waals surface area contributed by atoms with Crippen LogP contribution in [0, 0.1) is 10.1 Å². The molecular formula is C13H16F3N3O4. The molecule has 7 nitrogen and oxygen atoms in total. The van der Waals surface area contributed by atoms with E-state index in [0.29, 0.717) is 13.1 Å². The van der Waals surface area contributed by atoms with E-state index in [1.54, 1.807) is 0 Å². The molecule has 0 heterocycles. The lowest BCUT2D eigenvalue weighted by molar-refractivity contribution is -0.385. The third kappa shape index (κ3) is 6.51. The first-order valence-electron chi connectivity index (χ1n) is 6.71. The van der Waals surface area contributed by atoms with Gasteiger partial charge in [0.1, 0.15) is 11.3 Å². The molecule has 0 bridgehead atoms. The molecule has 2 N–H and O–H groups in total. The van der Waals surface area contributed by atoms with Gasteiger partial charge < -0.3 is 15.4 Å². The fourth-order valence-electron chi connectivity index (χ4n) is 1.65. The van der Waals surface area contributed by atoms with Crippen molar-refractivity contribution in [3.05, 3.63) is 33.9 Å². The zero-order valence-electron chi connectivity index (χ0n) is 12.3. The molecule has 1 aromatic carbocycles. The van der Waals surface area contributed by atoms with Gasteiger partial charge in [0.05, 0.1) is 4.92 Å². The Morgan fingerprint density at radius 3 is 2.61 bits per heavy atom. The van der Waals surface area contributed by atoms with Crippen LogP contribution in [0.15, 0.2) is 18.2 Å². The van der Waals surface area contributed by atoms with Crippen molar-refractivity contribution >= 4 is 11.6 Å². The van der Waals surface area contributed by atoms with Gasteiger partial charge >= 0.3 is 6.18 Å². The van der Waals surface area contributed by atoms with Crippen LogP contribution in [0.1, 0.15) is 17.3 Å². The second-order valence-electron chi connectivity index (χ2n) is 4.45. The Labute approximate surface area is 130 Å². The van der Waals surface area contributed by atoms with Crippen molar-refractivity contribution in [1.29, 1.82) is 0 Å². The molecule has 1 aromatic rings. The van der Waals surface area contributed by atoms with Crippen LogP contribution in [-0.4, -0.2) is 43.2 Å². The van der Waals surface area contributed by atoms with Gasteiger partial charge in [0.25, 0.3) is 11.6 Å². The quantitative estimate of drug-likeness (QED) is 0.430. The molecule has 0 saturated carbocycles. The van der Waals surface area contributed by atoms with E-state index in [9.17, 15) is 28.1 Å². The summed E-state index contributed by atoms with van der Waals surface area (Å²) in [7, 11) is 0. The summed E-state index contributed by atoms with van der Waals surface area (Å²) in [5, 5.41) is 16.3. The van der Waals surface area contributed by atoms with E-state index in [0.717, 1.165) is 18.2 Å². The number of nitrogens with zero attached hydrogens (tertiary/aromatic N) is 1. The maximum Gasteiger partial charge on any atom is 0.422 e. The van der Waals surface area contributed by atoms with E-state index in [1.165, 1.54) is 0 Å². The van der Waals surface area contributed by atoms with Crippen LogP contribution in [-0.2, 0) is 0 Å². The third-order valence-corrected chi connectivity index (χ3v) is 2.65. The maximum absolute atomic E-state index is 12.1. The van der Waals surface area contributed by atoms with Gasteiger partial charge in [-0.3, -0.25) is 14.9 Å². The maximum atomic E-state index is 12.1. The Kier molecular flexibility index (Phi) is 6.76. The first-order chi connectivity index (χ1) is 10.7. The monoisotopic (exact) mass is 335 g/mol. The molecule has 128 valence electrons. The molecule has 10 heteroatoms. The molecule has 0 spiro atoms. The highest BCUT2D eigenvalue weighted by Crippen LogP contribution is 2.25. The van der Waals surface area contributed by atoms with Gasteiger partial charge in [0, 0.05) is 19.2 Å². The highest BCUT2D eigenvalue weighted by Gasteiger charge is 2.29. The van der Waals surface area contributed by atoms with Crippen LogP contribution < -0.4 is 15.4 Å². The smallest absolute Gasteiger partial charge is 0.422 e. The molecule has 1 rings (SSSR count). The highest BCUT2D eigenvalue weighted by atomic mass is 19.4. The molecule has 0 fully saturated rings. The number of carbonyl (C=O) groups is 1. The predicted octanol–water partition coefficient (Wildman–Crippen LogP) is 1.88. The molecule has 0 aliphatic heterocycles. The number of hydrogen-bond acceptors (Lipinski definition) is 5. The summed E-state index contributed by atoms with van der Waals surface area (Å²) in [5.74, 6) is -1.03. The average molecular weight is 335 g/mol. The SMILES string of the molecule is CCNCCNC(=O)c1cc(OCC(F)(F)F)ccc1[N+](=O)[O-]. The van der Waals surface area contributed by atoms with Crippen LogP contribution in [0.3, 0.4) is 0 Å². The summed E-state index contributed by atoms with van der Waals surface area (Å²) < 4.78 is 40.9. The number of ether oxygens (including phenoxy) is 1. The molecule has 0 radical (unpaired) electrons. The second kappa shape index (κ2) is 8.32. The summed E-state index contributed by atoms with van der Waals surface area (Å²) in [6.45, 7) is 1.69.